The molecule has 0 aromatic heterocycles. The summed E-state index contributed by atoms with van der Waals surface area (Å²) in [6, 6.07) is 1.72. The number of halogens is 1. The number of hydrogen-bond donors (Lipinski definition) is 0. The molecular formula is C12H13ClO3. The lowest BCUT2D eigenvalue weighted by Crippen LogP contribution is -2.17. The van der Waals surface area contributed by atoms with E-state index in [1.807, 2.05) is 6.92 Å². The van der Waals surface area contributed by atoms with E-state index < -0.39 is 0 Å². The standard InChI is InChI=1S/C12H13ClO3/c1-7(14)5-9-8(2)12-11(6-10(9)13)15-3-4-16-12/h6H,3-5H2,1-2H3. The van der Waals surface area contributed by atoms with Gasteiger partial charge in [-0.1, -0.05) is 11.6 Å². The Morgan fingerprint density at radius 2 is 2.12 bits per heavy atom. The van der Waals surface area contributed by atoms with Crippen LogP contribution in [-0.2, 0) is 11.2 Å². The summed E-state index contributed by atoms with van der Waals surface area (Å²) in [5.41, 5.74) is 1.73. The molecule has 0 saturated heterocycles. The molecule has 4 heteroatoms. The third-order valence-electron chi connectivity index (χ3n) is 2.58. The first-order valence-electron chi connectivity index (χ1n) is 5.16. The third kappa shape index (κ3) is 2.00. The number of rotatable bonds is 2. The van der Waals surface area contributed by atoms with E-state index in [4.69, 9.17) is 21.1 Å². The summed E-state index contributed by atoms with van der Waals surface area (Å²) >= 11 is 6.12. The Hall–Kier alpha value is -1.22. The minimum absolute atomic E-state index is 0.0849. The fourth-order valence-corrected chi connectivity index (χ4v) is 2.12. The maximum atomic E-state index is 11.2. The van der Waals surface area contributed by atoms with Crippen molar-refractivity contribution in [2.24, 2.45) is 0 Å². The van der Waals surface area contributed by atoms with Crippen molar-refractivity contribution in [3.8, 4) is 11.5 Å². The summed E-state index contributed by atoms with van der Waals surface area (Å²) in [6.45, 7) is 4.52. The fourth-order valence-electron chi connectivity index (χ4n) is 1.82. The van der Waals surface area contributed by atoms with Gasteiger partial charge < -0.3 is 9.47 Å². The number of carbonyl (C=O) groups is 1. The summed E-state index contributed by atoms with van der Waals surface area (Å²) in [5.74, 6) is 1.47. The molecule has 1 aliphatic heterocycles. The smallest absolute Gasteiger partial charge is 0.164 e. The Bertz CT molecular complexity index is 440. The van der Waals surface area contributed by atoms with Crippen molar-refractivity contribution in [3.05, 3.63) is 22.2 Å². The lowest BCUT2D eigenvalue weighted by Gasteiger charge is -2.22. The highest BCUT2D eigenvalue weighted by Gasteiger charge is 2.20. The highest BCUT2D eigenvalue weighted by Crippen LogP contribution is 2.39. The van der Waals surface area contributed by atoms with Crippen molar-refractivity contribution < 1.29 is 14.3 Å². The predicted octanol–water partition coefficient (Wildman–Crippen LogP) is 2.55. The van der Waals surface area contributed by atoms with Crippen LogP contribution in [0.1, 0.15) is 18.1 Å². The van der Waals surface area contributed by atoms with Crippen LogP contribution >= 0.6 is 11.6 Å². The number of fused-ring (bicyclic) bond motifs is 1. The van der Waals surface area contributed by atoms with Crippen molar-refractivity contribution in [3.63, 3.8) is 0 Å². The Kier molecular flexibility index (Phi) is 3.06. The molecule has 2 rings (SSSR count). The van der Waals surface area contributed by atoms with Crippen LogP contribution in [0.4, 0.5) is 0 Å². The Morgan fingerprint density at radius 3 is 2.81 bits per heavy atom. The highest BCUT2D eigenvalue weighted by molar-refractivity contribution is 6.32. The largest absolute Gasteiger partial charge is 0.486 e. The number of ether oxygens (including phenoxy) is 2. The SMILES string of the molecule is CC(=O)Cc1c(Cl)cc2c(c1C)OCCO2. The molecule has 3 nitrogen and oxygen atoms in total. The van der Waals surface area contributed by atoms with Crippen LogP contribution in [0.15, 0.2) is 6.07 Å². The van der Waals surface area contributed by atoms with Crippen molar-refractivity contribution >= 4 is 17.4 Å². The van der Waals surface area contributed by atoms with Gasteiger partial charge in [0.15, 0.2) is 11.5 Å². The Balaban J connectivity index is 2.49. The van der Waals surface area contributed by atoms with Gasteiger partial charge in [0.2, 0.25) is 0 Å². The number of ketones is 1. The van der Waals surface area contributed by atoms with Crippen LogP contribution in [0.3, 0.4) is 0 Å². The van der Waals surface area contributed by atoms with Crippen molar-refractivity contribution in [1.82, 2.24) is 0 Å². The molecule has 0 aliphatic carbocycles. The number of benzene rings is 1. The minimum atomic E-state index is 0.0849. The summed E-state index contributed by atoms with van der Waals surface area (Å²) in [4.78, 5) is 11.2. The second kappa shape index (κ2) is 4.34. The highest BCUT2D eigenvalue weighted by atomic mass is 35.5. The molecule has 0 radical (unpaired) electrons. The maximum absolute atomic E-state index is 11.2. The summed E-state index contributed by atoms with van der Waals surface area (Å²) in [5, 5.41) is 0.567. The van der Waals surface area contributed by atoms with E-state index in [0.717, 1.165) is 11.1 Å². The number of carbonyl (C=O) groups excluding carboxylic acids is 1. The average molecular weight is 241 g/mol. The van der Waals surface area contributed by atoms with Crippen LogP contribution in [0.5, 0.6) is 11.5 Å². The van der Waals surface area contributed by atoms with E-state index in [2.05, 4.69) is 0 Å². The van der Waals surface area contributed by atoms with Gasteiger partial charge >= 0.3 is 0 Å². The normalized spacial score (nSPS) is 13.7. The molecule has 1 aliphatic rings. The molecule has 1 aromatic rings. The average Bonchev–Trinajstić information content (AvgIpc) is 2.24. The lowest BCUT2D eigenvalue weighted by molar-refractivity contribution is -0.116. The summed E-state index contributed by atoms with van der Waals surface area (Å²) in [7, 11) is 0. The molecule has 0 saturated carbocycles. The van der Waals surface area contributed by atoms with E-state index >= 15 is 0 Å². The molecule has 86 valence electrons. The second-order valence-electron chi connectivity index (χ2n) is 3.86. The van der Waals surface area contributed by atoms with Crippen LogP contribution in [0, 0.1) is 6.92 Å². The van der Waals surface area contributed by atoms with Gasteiger partial charge in [-0.25, -0.2) is 0 Å². The van der Waals surface area contributed by atoms with E-state index in [-0.39, 0.29) is 5.78 Å². The molecule has 0 spiro atoms. The Labute approximate surface area is 99.3 Å². The molecular weight excluding hydrogens is 228 g/mol. The van der Waals surface area contributed by atoms with Gasteiger partial charge in [0.1, 0.15) is 19.0 Å². The van der Waals surface area contributed by atoms with Gasteiger partial charge in [0.05, 0.1) is 0 Å². The first-order chi connectivity index (χ1) is 7.59. The minimum Gasteiger partial charge on any atom is -0.486 e. The second-order valence-corrected chi connectivity index (χ2v) is 4.27. The molecule has 0 atom stereocenters. The summed E-state index contributed by atoms with van der Waals surface area (Å²) < 4.78 is 11.0. The molecule has 0 bridgehead atoms. The van der Waals surface area contributed by atoms with E-state index in [0.29, 0.717) is 36.2 Å². The molecule has 1 heterocycles. The fraction of sp³-hybridized carbons (Fsp3) is 0.417. The quantitative estimate of drug-likeness (QED) is 0.797. The lowest BCUT2D eigenvalue weighted by atomic mass is 10.0. The van der Waals surface area contributed by atoms with Crippen LogP contribution < -0.4 is 9.47 Å². The van der Waals surface area contributed by atoms with Gasteiger partial charge in [0.25, 0.3) is 0 Å². The van der Waals surface area contributed by atoms with E-state index in [1.54, 1.807) is 13.0 Å². The van der Waals surface area contributed by atoms with Gasteiger partial charge in [0, 0.05) is 23.1 Å². The zero-order chi connectivity index (χ0) is 11.7. The third-order valence-corrected chi connectivity index (χ3v) is 2.91. The van der Waals surface area contributed by atoms with Crippen molar-refractivity contribution in [1.29, 1.82) is 0 Å². The Morgan fingerprint density at radius 1 is 1.44 bits per heavy atom. The van der Waals surface area contributed by atoms with Gasteiger partial charge in [-0.15, -0.1) is 0 Å². The predicted molar refractivity (Wildman–Crippen MR) is 61.6 cm³/mol. The number of Topliss-reactive ketones (excluding diaryl/α,β-unsaturated/α-hetero) is 1. The molecule has 0 amide bonds. The van der Waals surface area contributed by atoms with Gasteiger partial charge in [-0.05, 0) is 19.4 Å². The molecule has 16 heavy (non-hydrogen) atoms. The maximum Gasteiger partial charge on any atom is 0.164 e. The van der Waals surface area contributed by atoms with Crippen molar-refractivity contribution in [2.75, 3.05) is 13.2 Å². The summed E-state index contributed by atoms with van der Waals surface area (Å²) in [6.07, 6.45) is 0.335. The first kappa shape index (κ1) is 11.3. The molecule has 1 aromatic carbocycles. The monoisotopic (exact) mass is 240 g/mol. The first-order valence-corrected chi connectivity index (χ1v) is 5.54. The van der Waals surface area contributed by atoms with Crippen LogP contribution in [0.25, 0.3) is 0 Å². The zero-order valence-corrected chi connectivity index (χ0v) is 10.1. The van der Waals surface area contributed by atoms with Crippen molar-refractivity contribution in [2.45, 2.75) is 20.3 Å². The number of hydrogen-bond acceptors (Lipinski definition) is 3. The van der Waals surface area contributed by atoms with Gasteiger partial charge in [-0.3, -0.25) is 4.79 Å². The molecule has 0 N–H and O–H groups in total. The van der Waals surface area contributed by atoms with Crippen LogP contribution in [0.2, 0.25) is 5.02 Å². The zero-order valence-electron chi connectivity index (χ0n) is 9.30. The van der Waals surface area contributed by atoms with Gasteiger partial charge in [-0.2, -0.15) is 0 Å². The van der Waals surface area contributed by atoms with E-state index in [1.165, 1.54) is 0 Å². The topological polar surface area (TPSA) is 35.5 Å². The molecule has 0 fully saturated rings. The molecule has 0 unspecified atom stereocenters. The van der Waals surface area contributed by atoms with E-state index in [9.17, 15) is 4.79 Å². The van der Waals surface area contributed by atoms with Crippen LogP contribution in [-0.4, -0.2) is 19.0 Å².